The minimum absolute atomic E-state index is 0.156. The summed E-state index contributed by atoms with van der Waals surface area (Å²) in [5.74, 6) is 0.245. The normalized spacial score (nSPS) is 12.8. The van der Waals surface area contributed by atoms with Crippen molar-refractivity contribution < 1.29 is 9.84 Å². The van der Waals surface area contributed by atoms with Crippen LogP contribution < -0.4 is 5.73 Å². The quantitative estimate of drug-likeness (QED) is 0.744. The Hall–Kier alpha value is -1.06. The van der Waals surface area contributed by atoms with E-state index in [9.17, 15) is 5.11 Å². The van der Waals surface area contributed by atoms with Crippen LogP contribution in [0.3, 0.4) is 0 Å². The molecule has 0 bridgehead atoms. The van der Waals surface area contributed by atoms with Gasteiger partial charge in [-0.15, -0.1) is 0 Å². The molecule has 0 saturated heterocycles. The van der Waals surface area contributed by atoms with Crippen molar-refractivity contribution in [1.29, 1.82) is 0 Å². The second-order valence-corrected chi connectivity index (χ2v) is 3.11. The van der Waals surface area contributed by atoms with Crippen LogP contribution in [0.15, 0.2) is 18.2 Å². The molecule has 0 aliphatic carbocycles. The summed E-state index contributed by atoms with van der Waals surface area (Å²) in [5, 5.41) is 9.45. The van der Waals surface area contributed by atoms with Crippen molar-refractivity contribution in [1.82, 2.24) is 0 Å². The van der Waals surface area contributed by atoms with E-state index in [0.29, 0.717) is 6.61 Å². The molecule has 3 N–H and O–H groups in total. The van der Waals surface area contributed by atoms with Crippen molar-refractivity contribution in [3.8, 4) is 5.75 Å². The maximum Gasteiger partial charge on any atom is 0.120 e. The maximum absolute atomic E-state index is 9.45. The molecular weight excluding hydrogens is 166 g/mol. The molecule has 0 radical (unpaired) electrons. The summed E-state index contributed by atoms with van der Waals surface area (Å²) in [6.45, 7) is 2.38. The molecule has 3 heteroatoms. The fourth-order valence-corrected chi connectivity index (χ4v) is 1.23. The van der Waals surface area contributed by atoms with Gasteiger partial charge < -0.3 is 15.6 Å². The number of benzene rings is 1. The second kappa shape index (κ2) is 4.25. The lowest BCUT2D eigenvalue weighted by atomic mass is 10.0. The van der Waals surface area contributed by atoms with E-state index in [1.165, 1.54) is 0 Å². The third-order valence-electron chi connectivity index (χ3n) is 1.89. The smallest absolute Gasteiger partial charge is 0.120 e. The summed E-state index contributed by atoms with van der Waals surface area (Å²) in [6, 6.07) is 5.18. The molecular formula is C10H15NO2. The minimum atomic E-state index is -0.156. The molecule has 0 amide bonds. The predicted molar refractivity (Wildman–Crippen MR) is 51.4 cm³/mol. The van der Waals surface area contributed by atoms with E-state index in [1.807, 2.05) is 19.1 Å². The van der Waals surface area contributed by atoms with Gasteiger partial charge in [0, 0.05) is 18.7 Å². The highest BCUT2D eigenvalue weighted by Gasteiger charge is 2.06. The van der Waals surface area contributed by atoms with E-state index in [0.717, 1.165) is 11.1 Å². The SMILES string of the molecule is COCc1ccc(O)c(C(C)N)c1. The number of rotatable bonds is 3. The maximum atomic E-state index is 9.45. The van der Waals surface area contributed by atoms with Gasteiger partial charge in [-0.25, -0.2) is 0 Å². The monoisotopic (exact) mass is 181 g/mol. The average Bonchev–Trinajstić information content (AvgIpc) is 2.08. The van der Waals surface area contributed by atoms with Gasteiger partial charge in [-0.3, -0.25) is 0 Å². The lowest BCUT2D eigenvalue weighted by Gasteiger charge is -2.10. The topological polar surface area (TPSA) is 55.5 Å². The second-order valence-electron chi connectivity index (χ2n) is 3.11. The molecule has 0 aromatic heterocycles. The molecule has 1 aromatic rings. The molecule has 0 aliphatic heterocycles. The van der Waals surface area contributed by atoms with Crippen molar-refractivity contribution in [3.63, 3.8) is 0 Å². The van der Waals surface area contributed by atoms with Crippen molar-refractivity contribution in [2.75, 3.05) is 7.11 Å². The molecule has 0 aliphatic rings. The van der Waals surface area contributed by atoms with Gasteiger partial charge in [-0.05, 0) is 24.6 Å². The summed E-state index contributed by atoms with van der Waals surface area (Å²) < 4.78 is 4.98. The first kappa shape index (κ1) is 10.0. The van der Waals surface area contributed by atoms with Gasteiger partial charge in [0.1, 0.15) is 5.75 Å². The van der Waals surface area contributed by atoms with Crippen LogP contribution in [0.5, 0.6) is 5.75 Å². The molecule has 0 spiro atoms. The molecule has 1 rings (SSSR count). The van der Waals surface area contributed by atoms with Crippen LogP contribution in [-0.4, -0.2) is 12.2 Å². The van der Waals surface area contributed by atoms with Crippen LogP contribution >= 0.6 is 0 Å². The Morgan fingerprint density at radius 1 is 1.54 bits per heavy atom. The molecule has 0 saturated carbocycles. The Kier molecular flexibility index (Phi) is 3.28. The summed E-state index contributed by atoms with van der Waals surface area (Å²) >= 11 is 0. The van der Waals surface area contributed by atoms with Crippen LogP contribution in [0.25, 0.3) is 0 Å². The number of ether oxygens (including phenoxy) is 1. The molecule has 1 unspecified atom stereocenters. The van der Waals surface area contributed by atoms with Crippen LogP contribution in [0.1, 0.15) is 24.1 Å². The van der Waals surface area contributed by atoms with Gasteiger partial charge in [0.2, 0.25) is 0 Å². The zero-order chi connectivity index (χ0) is 9.84. The van der Waals surface area contributed by atoms with E-state index in [2.05, 4.69) is 0 Å². The fraction of sp³-hybridized carbons (Fsp3) is 0.400. The van der Waals surface area contributed by atoms with Gasteiger partial charge in [0.15, 0.2) is 0 Å². The van der Waals surface area contributed by atoms with Crippen molar-refractivity contribution in [2.45, 2.75) is 19.6 Å². The Balaban J connectivity index is 2.97. The van der Waals surface area contributed by atoms with Crippen LogP contribution in [0, 0.1) is 0 Å². The van der Waals surface area contributed by atoms with Gasteiger partial charge in [-0.2, -0.15) is 0 Å². The van der Waals surface area contributed by atoms with E-state index in [-0.39, 0.29) is 11.8 Å². The zero-order valence-corrected chi connectivity index (χ0v) is 7.95. The lowest BCUT2D eigenvalue weighted by Crippen LogP contribution is -2.05. The van der Waals surface area contributed by atoms with Crippen molar-refractivity contribution in [3.05, 3.63) is 29.3 Å². The largest absolute Gasteiger partial charge is 0.508 e. The summed E-state index contributed by atoms with van der Waals surface area (Å²) in [4.78, 5) is 0. The number of phenols is 1. The minimum Gasteiger partial charge on any atom is -0.508 e. The molecule has 1 atom stereocenters. The van der Waals surface area contributed by atoms with E-state index < -0.39 is 0 Å². The molecule has 1 aromatic carbocycles. The first-order chi connectivity index (χ1) is 6.15. The number of nitrogens with two attached hydrogens (primary N) is 1. The Labute approximate surface area is 78.1 Å². The first-order valence-corrected chi connectivity index (χ1v) is 4.21. The Morgan fingerprint density at radius 3 is 2.77 bits per heavy atom. The molecule has 72 valence electrons. The van der Waals surface area contributed by atoms with Gasteiger partial charge >= 0.3 is 0 Å². The third-order valence-corrected chi connectivity index (χ3v) is 1.89. The first-order valence-electron chi connectivity index (χ1n) is 4.21. The van der Waals surface area contributed by atoms with Crippen LogP contribution in [-0.2, 0) is 11.3 Å². The lowest BCUT2D eigenvalue weighted by molar-refractivity contribution is 0.184. The Morgan fingerprint density at radius 2 is 2.23 bits per heavy atom. The number of aromatic hydroxyl groups is 1. The number of hydrogen-bond donors (Lipinski definition) is 2. The van der Waals surface area contributed by atoms with Crippen LogP contribution in [0.2, 0.25) is 0 Å². The number of hydrogen-bond acceptors (Lipinski definition) is 3. The third kappa shape index (κ3) is 2.44. The summed E-state index contributed by atoms with van der Waals surface area (Å²) in [6.07, 6.45) is 0. The van der Waals surface area contributed by atoms with Gasteiger partial charge in [0.25, 0.3) is 0 Å². The van der Waals surface area contributed by atoms with E-state index >= 15 is 0 Å². The molecule has 13 heavy (non-hydrogen) atoms. The highest BCUT2D eigenvalue weighted by molar-refractivity contribution is 5.37. The number of phenolic OH excluding ortho intramolecular Hbond substituents is 1. The summed E-state index contributed by atoms with van der Waals surface area (Å²) in [5.41, 5.74) is 7.46. The Bertz CT molecular complexity index is 284. The molecule has 0 fully saturated rings. The van der Waals surface area contributed by atoms with E-state index in [1.54, 1.807) is 13.2 Å². The summed E-state index contributed by atoms with van der Waals surface area (Å²) in [7, 11) is 1.64. The predicted octanol–water partition coefficient (Wildman–Crippen LogP) is 1.56. The van der Waals surface area contributed by atoms with Crippen molar-refractivity contribution >= 4 is 0 Å². The standard InChI is InChI=1S/C10H15NO2/c1-7(11)9-5-8(6-13-2)3-4-10(9)12/h3-5,7,12H,6,11H2,1-2H3. The van der Waals surface area contributed by atoms with Gasteiger partial charge in [-0.1, -0.05) is 6.07 Å². The van der Waals surface area contributed by atoms with E-state index in [4.69, 9.17) is 10.5 Å². The highest BCUT2D eigenvalue weighted by Crippen LogP contribution is 2.23. The zero-order valence-electron chi connectivity index (χ0n) is 7.95. The number of methoxy groups -OCH3 is 1. The average molecular weight is 181 g/mol. The molecule has 3 nitrogen and oxygen atoms in total. The van der Waals surface area contributed by atoms with Gasteiger partial charge in [0.05, 0.1) is 6.61 Å². The van der Waals surface area contributed by atoms with Crippen molar-refractivity contribution in [2.24, 2.45) is 5.73 Å². The highest BCUT2D eigenvalue weighted by atomic mass is 16.5. The fourth-order valence-electron chi connectivity index (χ4n) is 1.23. The van der Waals surface area contributed by atoms with Crippen LogP contribution in [0.4, 0.5) is 0 Å². The molecule has 0 heterocycles.